The summed E-state index contributed by atoms with van der Waals surface area (Å²) >= 11 is 0. The molecule has 11 heteroatoms. The van der Waals surface area contributed by atoms with E-state index < -0.39 is 0 Å². The van der Waals surface area contributed by atoms with Crippen molar-refractivity contribution in [3.05, 3.63) is 12.5 Å². The Bertz CT molecular complexity index is 836. The molecule has 0 aliphatic carbocycles. The van der Waals surface area contributed by atoms with E-state index in [0.717, 1.165) is 75.2 Å². The molecule has 0 saturated carbocycles. The van der Waals surface area contributed by atoms with Crippen LogP contribution in [-0.2, 0) is 11.8 Å². The molecule has 1 aliphatic rings. The number of morpholine rings is 1. The molecule has 0 amide bonds. The lowest BCUT2D eigenvalue weighted by Gasteiger charge is -2.34. The number of hydrogen-bond acceptors (Lipinski definition) is 7. The normalized spacial score (nSPS) is 16.1. The maximum atomic E-state index is 5.53. The predicted octanol–water partition coefficient (Wildman–Crippen LogP) is 1.70. The number of hydrogen-bond donors (Lipinski definition) is 3. The summed E-state index contributed by atoms with van der Waals surface area (Å²) in [6.07, 6.45) is 4.49. The van der Waals surface area contributed by atoms with Gasteiger partial charge in [0.15, 0.2) is 11.6 Å². The van der Waals surface area contributed by atoms with Gasteiger partial charge in [0.2, 0.25) is 0 Å². The highest BCUT2D eigenvalue weighted by atomic mass is 127. The van der Waals surface area contributed by atoms with Crippen molar-refractivity contribution >= 4 is 46.8 Å². The smallest absolute Gasteiger partial charge is 0.191 e. The van der Waals surface area contributed by atoms with Crippen LogP contribution in [0.3, 0.4) is 0 Å². The molecule has 0 radical (unpaired) electrons. The highest BCUT2D eigenvalue weighted by Crippen LogP contribution is 2.17. The van der Waals surface area contributed by atoms with Gasteiger partial charge in [-0.05, 0) is 19.3 Å². The number of guanidine groups is 1. The second-order valence-electron chi connectivity index (χ2n) is 8.23. The first-order chi connectivity index (χ1) is 15.1. The Hall–Kier alpha value is -1.73. The first kappa shape index (κ1) is 26.5. The predicted molar refractivity (Wildman–Crippen MR) is 140 cm³/mol. The van der Waals surface area contributed by atoms with Gasteiger partial charge in [-0.25, -0.2) is 9.97 Å². The molecule has 1 unspecified atom stereocenters. The van der Waals surface area contributed by atoms with Crippen LogP contribution in [0.15, 0.2) is 17.5 Å². The van der Waals surface area contributed by atoms with Crippen molar-refractivity contribution in [3.8, 4) is 0 Å². The van der Waals surface area contributed by atoms with Crippen LogP contribution in [0.4, 0.5) is 5.82 Å². The van der Waals surface area contributed by atoms with Gasteiger partial charge in [-0.3, -0.25) is 14.6 Å². The van der Waals surface area contributed by atoms with E-state index in [1.165, 1.54) is 0 Å². The molecule has 2 aromatic rings. The Morgan fingerprint density at radius 1 is 1.19 bits per heavy atom. The molecule has 180 valence electrons. The van der Waals surface area contributed by atoms with Crippen LogP contribution in [0.25, 0.3) is 11.0 Å². The molecule has 3 N–H and O–H groups in total. The zero-order valence-electron chi connectivity index (χ0n) is 19.7. The highest BCUT2D eigenvalue weighted by molar-refractivity contribution is 14.0. The van der Waals surface area contributed by atoms with Crippen molar-refractivity contribution in [2.75, 3.05) is 57.8 Å². The van der Waals surface area contributed by atoms with Crippen molar-refractivity contribution in [1.29, 1.82) is 0 Å². The summed E-state index contributed by atoms with van der Waals surface area (Å²) in [4.78, 5) is 16.0. The Labute approximate surface area is 208 Å². The Morgan fingerprint density at radius 3 is 2.69 bits per heavy atom. The SMILES string of the molecule is CCNC(=NCC(CC(C)C)N1CCOCC1)NCCNc1ncnc2c1cnn2C.I. The summed E-state index contributed by atoms with van der Waals surface area (Å²) in [5.74, 6) is 2.28. The van der Waals surface area contributed by atoms with E-state index in [-0.39, 0.29) is 24.0 Å². The van der Waals surface area contributed by atoms with Gasteiger partial charge in [-0.1, -0.05) is 13.8 Å². The number of rotatable bonds is 10. The van der Waals surface area contributed by atoms with E-state index >= 15 is 0 Å². The zero-order chi connectivity index (χ0) is 22.1. The first-order valence-corrected chi connectivity index (χ1v) is 11.3. The number of nitrogens with one attached hydrogen (secondary N) is 3. The maximum absolute atomic E-state index is 5.53. The van der Waals surface area contributed by atoms with E-state index in [9.17, 15) is 0 Å². The number of halogens is 1. The molecule has 0 bridgehead atoms. The van der Waals surface area contributed by atoms with Gasteiger partial charge in [-0.15, -0.1) is 24.0 Å². The minimum Gasteiger partial charge on any atom is -0.379 e. The average molecular weight is 560 g/mol. The monoisotopic (exact) mass is 559 g/mol. The Kier molecular flexibility index (Phi) is 11.4. The summed E-state index contributed by atoms with van der Waals surface area (Å²) in [5.41, 5.74) is 0.819. The largest absolute Gasteiger partial charge is 0.379 e. The van der Waals surface area contributed by atoms with E-state index in [0.29, 0.717) is 18.5 Å². The summed E-state index contributed by atoms with van der Waals surface area (Å²) in [6.45, 7) is 13.3. The third-order valence-electron chi connectivity index (χ3n) is 5.35. The van der Waals surface area contributed by atoms with Gasteiger partial charge in [-0.2, -0.15) is 5.10 Å². The van der Waals surface area contributed by atoms with Crippen LogP contribution < -0.4 is 16.0 Å². The molecule has 32 heavy (non-hydrogen) atoms. The van der Waals surface area contributed by atoms with Gasteiger partial charge in [0, 0.05) is 45.8 Å². The highest BCUT2D eigenvalue weighted by Gasteiger charge is 2.21. The lowest BCUT2D eigenvalue weighted by Crippen LogP contribution is -2.46. The number of fused-ring (bicyclic) bond motifs is 1. The fourth-order valence-corrected chi connectivity index (χ4v) is 3.83. The van der Waals surface area contributed by atoms with E-state index in [4.69, 9.17) is 9.73 Å². The second kappa shape index (κ2) is 13.7. The van der Waals surface area contributed by atoms with Gasteiger partial charge in [0.1, 0.15) is 12.1 Å². The molecule has 1 saturated heterocycles. The first-order valence-electron chi connectivity index (χ1n) is 11.3. The van der Waals surface area contributed by atoms with Crippen molar-refractivity contribution in [1.82, 2.24) is 35.3 Å². The number of anilines is 1. The number of aromatic nitrogens is 4. The number of aliphatic imine (C=N–C) groups is 1. The van der Waals surface area contributed by atoms with Crippen LogP contribution in [-0.4, -0.2) is 89.1 Å². The van der Waals surface area contributed by atoms with E-state index in [1.807, 2.05) is 7.05 Å². The van der Waals surface area contributed by atoms with Crippen LogP contribution in [0.2, 0.25) is 0 Å². The fourth-order valence-electron chi connectivity index (χ4n) is 3.83. The average Bonchev–Trinajstić information content (AvgIpc) is 3.16. The quantitative estimate of drug-likeness (QED) is 0.175. The van der Waals surface area contributed by atoms with Gasteiger partial charge >= 0.3 is 0 Å². The minimum atomic E-state index is 0. The summed E-state index contributed by atoms with van der Waals surface area (Å²) in [5, 5.41) is 15.3. The third-order valence-corrected chi connectivity index (χ3v) is 5.35. The molecule has 1 atom stereocenters. The number of ether oxygens (including phenoxy) is 1. The van der Waals surface area contributed by atoms with Gasteiger partial charge in [0.05, 0.1) is 31.3 Å². The molecule has 3 rings (SSSR count). The van der Waals surface area contributed by atoms with Crippen LogP contribution in [0.5, 0.6) is 0 Å². The molecular formula is C21H38IN9O. The standard InChI is InChI=1S/C21H37N9O.HI/c1-5-22-21(25-13-17(12-16(2)3)30-8-10-31-11-9-30)24-7-6-23-19-18-14-28-29(4)20(18)27-15-26-19;/h14-17H,5-13H2,1-4H3,(H2,22,24,25)(H,23,26,27);1H. The topological polar surface area (TPSA) is 105 Å². The Balaban J connectivity index is 0.00000363. The van der Waals surface area contributed by atoms with E-state index in [1.54, 1.807) is 17.2 Å². The van der Waals surface area contributed by atoms with Crippen molar-refractivity contribution in [2.45, 2.75) is 33.2 Å². The number of aryl methyl sites for hydroxylation is 1. The molecular weight excluding hydrogens is 521 g/mol. The minimum absolute atomic E-state index is 0. The van der Waals surface area contributed by atoms with Crippen LogP contribution in [0.1, 0.15) is 27.2 Å². The molecule has 2 aromatic heterocycles. The van der Waals surface area contributed by atoms with Crippen LogP contribution >= 0.6 is 24.0 Å². The maximum Gasteiger partial charge on any atom is 0.191 e. The van der Waals surface area contributed by atoms with Crippen molar-refractivity contribution in [3.63, 3.8) is 0 Å². The fraction of sp³-hybridized carbons (Fsp3) is 0.714. The summed E-state index contributed by atoms with van der Waals surface area (Å²) in [7, 11) is 1.88. The third kappa shape index (κ3) is 7.69. The van der Waals surface area contributed by atoms with Gasteiger partial charge in [0.25, 0.3) is 0 Å². The molecule has 0 spiro atoms. The van der Waals surface area contributed by atoms with Crippen molar-refractivity contribution in [2.24, 2.45) is 18.0 Å². The lowest BCUT2D eigenvalue weighted by molar-refractivity contribution is 0.0143. The summed E-state index contributed by atoms with van der Waals surface area (Å²) in [6, 6.07) is 0.442. The molecule has 0 aromatic carbocycles. The molecule has 1 fully saturated rings. The summed E-state index contributed by atoms with van der Waals surface area (Å²) < 4.78 is 7.27. The number of nitrogens with zero attached hydrogens (tertiary/aromatic N) is 6. The molecule has 3 heterocycles. The van der Waals surface area contributed by atoms with Crippen LogP contribution in [0, 0.1) is 5.92 Å². The molecule has 1 aliphatic heterocycles. The Morgan fingerprint density at radius 2 is 1.97 bits per heavy atom. The molecule has 10 nitrogen and oxygen atoms in total. The van der Waals surface area contributed by atoms with Crippen molar-refractivity contribution < 1.29 is 4.74 Å². The lowest BCUT2D eigenvalue weighted by atomic mass is 10.0. The van der Waals surface area contributed by atoms with E-state index in [2.05, 4.69) is 56.7 Å². The second-order valence-corrected chi connectivity index (χ2v) is 8.23. The zero-order valence-corrected chi connectivity index (χ0v) is 22.0. The van der Waals surface area contributed by atoms with Gasteiger partial charge < -0.3 is 20.7 Å².